The van der Waals surface area contributed by atoms with Gasteiger partial charge in [0.25, 0.3) is 0 Å². The molecule has 0 spiro atoms. The van der Waals surface area contributed by atoms with E-state index < -0.39 is 23.3 Å². The summed E-state index contributed by atoms with van der Waals surface area (Å²) in [6.07, 6.45) is 0. The maximum absolute atomic E-state index is 5.86. The zero-order valence-electron chi connectivity index (χ0n) is 8.40. The van der Waals surface area contributed by atoms with Gasteiger partial charge in [-0.2, -0.15) is 0 Å². The van der Waals surface area contributed by atoms with Crippen LogP contribution < -0.4 is 0 Å². The van der Waals surface area contributed by atoms with Crippen molar-refractivity contribution in [1.82, 2.24) is 0 Å². The molecule has 11 heavy (non-hydrogen) atoms. The molecule has 0 saturated carbocycles. The van der Waals surface area contributed by atoms with Crippen LogP contribution in [0.1, 0.15) is 0 Å². The Morgan fingerprint density at radius 3 is 2.09 bits per heavy atom. The lowest BCUT2D eigenvalue weighted by atomic mass is 10.9. The fourth-order valence-electron chi connectivity index (χ4n) is 1.57. The molecule has 4 heteroatoms. The Morgan fingerprint density at radius 2 is 1.73 bits per heavy atom. The summed E-state index contributed by atoms with van der Waals surface area (Å²) < 4.78 is 5.86. The Hall–Kier alpha value is 0.611. The van der Waals surface area contributed by atoms with Gasteiger partial charge in [-0.15, -0.1) is 0 Å². The van der Waals surface area contributed by atoms with Crippen LogP contribution in [0.15, 0.2) is 0 Å². The Bertz CT molecular complexity index is 156. The van der Waals surface area contributed by atoms with Gasteiger partial charge in [-0.3, -0.25) is 0 Å². The average Bonchev–Trinajstić information content (AvgIpc) is 1.84. The molecule has 1 rings (SSSR count). The first-order valence-electron chi connectivity index (χ1n) is 4.49. The first-order valence-corrected chi connectivity index (χ1v) is 15.1. The second kappa shape index (κ2) is 2.83. The van der Waals surface area contributed by atoms with Crippen molar-refractivity contribution in [3.63, 3.8) is 0 Å². The van der Waals surface area contributed by atoms with Crippen LogP contribution >= 0.6 is 0 Å². The number of hydrogen-bond donors (Lipinski definition) is 0. The second-order valence-electron chi connectivity index (χ2n) is 4.87. The van der Waals surface area contributed by atoms with Gasteiger partial charge < -0.3 is 4.43 Å². The van der Waals surface area contributed by atoms with E-state index in [2.05, 4.69) is 32.7 Å². The summed E-state index contributed by atoms with van der Waals surface area (Å²) in [5.41, 5.74) is 0. The highest BCUT2D eigenvalue weighted by Crippen LogP contribution is 2.29. The minimum atomic E-state index is -0.866. The lowest BCUT2D eigenvalue weighted by molar-refractivity contribution is 0.351. The van der Waals surface area contributed by atoms with Crippen molar-refractivity contribution in [2.75, 3.05) is 6.61 Å². The van der Waals surface area contributed by atoms with Crippen LogP contribution in [0.3, 0.4) is 0 Å². The lowest BCUT2D eigenvalue weighted by Gasteiger charge is -2.45. The third-order valence-corrected chi connectivity index (χ3v) is 40.1. The van der Waals surface area contributed by atoms with E-state index in [0.29, 0.717) is 0 Å². The summed E-state index contributed by atoms with van der Waals surface area (Å²) in [5.74, 6) is 0. The number of rotatable bonds is 0. The first kappa shape index (κ1) is 9.70. The van der Waals surface area contributed by atoms with E-state index in [9.17, 15) is 0 Å². The molecule has 1 aliphatic rings. The van der Waals surface area contributed by atoms with Crippen LogP contribution in [-0.4, -0.2) is 29.9 Å². The molecule has 1 fully saturated rings. The van der Waals surface area contributed by atoms with Crippen molar-refractivity contribution in [2.45, 2.75) is 38.8 Å². The molecule has 0 aromatic heterocycles. The predicted octanol–water partition coefficient (Wildman–Crippen LogP) is 1.94. The van der Waals surface area contributed by atoms with E-state index in [-0.39, 0.29) is 0 Å². The summed E-state index contributed by atoms with van der Waals surface area (Å²) in [6, 6.07) is 1.42. The SMILES string of the molecule is C[SiH]1OCC[Si](C)(C)[Si]1(C)C. The molecule has 0 aromatic rings. The fraction of sp³-hybridized carbons (Fsp3) is 1.00. The van der Waals surface area contributed by atoms with Gasteiger partial charge in [0.2, 0.25) is 0 Å². The van der Waals surface area contributed by atoms with Gasteiger partial charge in [0.1, 0.15) is 0 Å². The van der Waals surface area contributed by atoms with Crippen LogP contribution in [0, 0.1) is 0 Å². The van der Waals surface area contributed by atoms with Gasteiger partial charge in [-0.05, 0) is 6.04 Å². The summed E-state index contributed by atoms with van der Waals surface area (Å²) in [5, 5.41) is 0. The minimum Gasteiger partial charge on any atom is -0.424 e. The highest BCUT2D eigenvalue weighted by Gasteiger charge is 2.48. The molecular weight excluding hydrogens is 184 g/mol. The van der Waals surface area contributed by atoms with E-state index in [1.165, 1.54) is 6.04 Å². The Labute approximate surface area is 73.5 Å². The lowest BCUT2D eigenvalue weighted by Crippen LogP contribution is -2.68. The summed E-state index contributed by atoms with van der Waals surface area (Å²) >= 11 is 0. The molecule has 1 unspecified atom stereocenters. The molecule has 1 heterocycles. The quantitative estimate of drug-likeness (QED) is 0.548. The van der Waals surface area contributed by atoms with E-state index >= 15 is 0 Å². The molecule has 0 aromatic carbocycles. The molecule has 0 aliphatic carbocycles. The minimum absolute atomic E-state index is 0.728. The molecule has 0 radical (unpaired) electrons. The third-order valence-electron chi connectivity index (χ3n) is 3.86. The van der Waals surface area contributed by atoms with Gasteiger partial charge in [0.05, 0.1) is 7.11 Å². The van der Waals surface area contributed by atoms with Gasteiger partial charge >= 0.3 is 0 Å². The van der Waals surface area contributed by atoms with Gasteiger partial charge in [-0.25, -0.2) is 0 Å². The van der Waals surface area contributed by atoms with Crippen LogP contribution in [0.4, 0.5) is 0 Å². The molecule has 0 N–H and O–H groups in total. The maximum Gasteiger partial charge on any atom is 0.159 e. The van der Waals surface area contributed by atoms with E-state index in [0.717, 1.165) is 6.61 Å². The topological polar surface area (TPSA) is 9.23 Å². The largest absolute Gasteiger partial charge is 0.424 e. The van der Waals surface area contributed by atoms with Crippen LogP contribution in [0.5, 0.6) is 0 Å². The van der Waals surface area contributed by atoms with Crippen molar-refractivity contribution in [1.29, 1.82) is 0 Å². The smallest absolute Gasteiger partial charge is 0.159 e. The molecule has 0 bridgehead atoms. The highest BCUT2D eigenvalue weighted by atomic mass is 29.6. The summed E-state index contributed by atoms with van der Waals surface area (Å²) in [4.78, 5) is 0. The van der Waals surface area contributed by atoms with Crippen molar-refractivity contribution in [3.8, 4) is 0 Å². The van der Waals surface area contributed by atoms with Crippen molar-refractivity contribution < 1.29 is 4.43 Å². The standard InChI is InChI=1S/C7H20OSi3/c1-9-8-6-7-10(2,3)11(9,4)5/h9H,6-7H2,1-5H3. The van der Waals surface area contributed by atoms with Crippen molar-refractivity contribution in [3.05, 3.63) is 0 Å². The molecule has 1 aliphatic heterocycles. The van der Waals surface area contributed by atoms with Crippen LogP contribution in [-0.2, 0) is 4.43 Å². The fourth-order valence-corrected chi connectivity index (χ4v) is 24.2. The Balaban J connectivity index is 2.82. The average molecular weight is 204 g/mol. The van der Waals surface area contributed by atoms with Crippen molar-refractivity contribution in [2.24, 2.45) is 0 Å². The molecular formula is C7H20OSi3. The summed E-state index contributed by atoms with van der Waals surface area (Å²) in [7, 11) is -2.40. The molecule has 66 valence electrons. The van der Waals surface area contributed by atoms with Crippen LogP contribution in [0.25, 0.3) is 0 Å². The molecule has 1 nitrogen and oxygen atoms in total. The van der Waals surface area contributed by atoms with E-state index in [4.69, 9.17) is 4.43 Å². The van der Waals surface area contributed by atoms with Crippen LogP contribution in [0.2, 0.25) is 38.8 Å². The molecule has 0 amide bonds. The zero-order chi connectivity index (χ0) is 8.70. The Morgan fingerprint density at radius 1 is 1.18 bits per heavy atom. The molecule has 1 atom stereocenters. The number of hydrogen-bond acceptors (Lipinski definition) is 1. The third kappa shape index (κ3) is 1.54. The van der Waals surface area contributed by atoms with E-state index in [1.54, 1.807) is 0 Å². The second-order valence-corrected chi connectivity index (χ2v) is 30.6. The van der Waals surface area contributed by atoms with Gasteiger partial charge in [-0.1, -0.05) is 32.7 Å². The summed E-state index contributed by atoms with van der Waals surface area (Å²) in [6.45, 7) is 13.8. The Kier molecular flexibility index (Phi) is 2.49. The van der Waals surface area contributed by atoms with Gasteiger partial charge in [0.15, 0.2) is 8.56 Å². The van der Waals surface area contributed by atoms with E-state index in [1.807, 2.05) is 0 Å². The molecule has 1 saturated heterocycles. The predicted molar refractivity (Wildman–Crippen MR) is 58.7 cm³/mol. The maximum atomic E-state index is 5.86. The highest BCUT2D eigenvalue weighted by molar-refractivity contribution is 7.63. The van der Waals surface area contributed by atoms with Crippen molar-refractivity contribution >= 4 is 23.3 Å². The monoisotopic (exact) mass is 204 g/mol. The van der Waals surface area contributed by atoms with Gasteiger partial charge in [0, 0.05) is 14.2 Å². The normalized spacial score (nSPS) is 35.2. The first-order chi connectivity index (χ1) is 4.88. The zero-order valence-corrected chi connectivity index (χ0v) is 11.6.